The first-order valence-corrected chi connectivity index (χ1v) is 7.59. The second kappa shape index (κ2) is 5.65. The van der Waals surface area contributed by atoms with Gasteiger partial charge in [0.15, 0.2) is 0 Å². The lowest BCUT2D eigenvalue weighted by atomic mass is 9.71. The van der Waals surface area contributed by atoms with Crippen molar-refractivity contribution in [2.45, 2.75) is 59.0 Å². The third-order valence-electron chi connectivity index (χ3n) is 4.58. The molecule has 0 amide bonds. The van der Waals surface area contributed by atoms with Crippen molar-refractivity contribution in [3.05, 3.63) is 22.9 Å². The zero-order valence-corrected chi connectivity index (χ0v) is 13.5. The summed E-state index contributed by atoms with van der Waals surface area (Å²) in [6.07, 6.45) is 3.63. The summed E-state index contributed by atoms with van der Waals surface area (Å²) in [4.78, 5) is 4.40. The number of rotatable bonds is 3. The fourth-order valence-electron chi connectivity index (χ4n) is 2.92. The molecule has 0 bridgehead atoms. The number of aliphatic hydroxyl groups is 1. The Labute approximate surface area is 127 Å². The average molecular weight is 287 g/mol. The summed E-state index contributed by atoms with van der Waals surface area (Å²) in [7, 11) is 0. The van der Waals surface area contributed by atoms with Gasteiger partial charge in [0.25, 0.3) is 0 Å². The molecule has 1 aromatic heterocycles. The van der Waals surface area contributed by atoms with Crippen molar-refractivity contribution in [1.29, 1.82) is 5.26 Å². The van der Waals surface area contributed by atoms with Crippen LogP contribution in [0.1, 0.15) is 56.4 Å². The first-order chi connectivity index (χ1) is 9.75. The van der Waals surface area contributed by atoms with Gasteiger partial charge in [-0.25, -0.2) is 4.98 Å². The number of hydrogen-bond donors (Lipinski definition) is 2. The Morgan fingerprint density at radius 1 is 1.29 bits per heavy atom. The van der Waals surface area contributed by atoms with E-state index in [2.05, 4.69) is 30.2 Å². The zero-order chi connectivity index (χ0) is 15.7. The maximum Gasteiger partial charge on any atom is 0.144 e. The Kier molecular flexibility index (Phi) is 4.25. The number of pyridine rings is 1. The predicted octanol–water partition coefficient (Wildman–Crippen LogP) is 3.31. The van der Waals surface area contributed by atoms with Crippen LogP contribution in [-0.2, 0) is 0 Å². The highest BCUT2D eigenvalue weighted by atomic mass is 16.3. The van der Waals surface area contributed by atoms with Crippen molar-refractivity contribution >= 4 is 5.82 Å². The Hall–Kier alpha value is -1.60. The molecule has 2 N–H and O–H groups in total. The quantitative estimate of drug-likeness (QED) is 0.895. The molecule has 1 aliphatic carbocycles. The molecule has 1 saturated carbocycles. The maximum atomic E-state index is 10.7. The number of nitriles is 1. The number of hydrogen-bond acceptors (Lipinski definition) is 4. The molecular formula is C17H25N3O. The van der Waals surface area contributed by atoms with Crippen LogP contribution < -0.4 is 5.32 Å². The largest absolute Gasteiger partial charge is 0.388 e. The first kappa shape index (κ1) is 15.8. The predicted molar refractivity (Wildman–Crippen MR) is 84.1 cm³/mol. The van der Waals surface area contributed by atoms with Crippen LogP contribution in [0.15, 0.2) is 6.07 Å². The fraction of sp³-hybridized carbons (Fsp3) is 0.647. The van der Waals surface area contributed by atoms with E-state index in [4.69, 9.17) is 0 Å². The highest BCUT2D eigenvalue weighted by Gasteiger charge is 2.36. The highest BCUT2D eigenvalue weighted by molar-refractivity contribution is 5.56. The fourth-order valence-corrected chi connectivity index (χ4v) is 2.92. The van der Waals surface area contributed by atoms with E-state index < -0.39 is 5.60 Å². The Bertz CT molecular complexity index is 562. The van der Waals surface area contributed by atoms with E-state index in [0.29, 0.717) is 23.3 Å². The van der Waals surface area contributed by atoms with E-state index in [1.54, 1.807) is 0 Å². The van der Waals surface area contributed by atoms with Crippen LogP contribution in [0.4, 0.5) is 5.82 Å². The molecule has 0 radical (unpaired) electrons. The van der Waals surface area contributed by atoms with Gasteiger partial charge in [-0.05, 0) is 56.6 Å². The van der Waals surface area contributed by atoms with Gasteiger partial charge in [-0.15, -0.1) is 0 Å². The van der Waals surface area contributed by atoms with Gasteiger partial charge >= 0.3 is 0 Å². The van der Waals surface area contributed by atoms with Crippen molar-refractivity contribution in [2.24, 2.45) is 5.41 Å². The number of nitrogens with one attached hydrogen (secondary N) is 1. The van der Waals surface area contributed by atoms with Crippen molar-refractivity contribution in [1.82, 2.24) is 4.98 Å². The van der Waals surface area contributed by atoms with Crippen LogP contribution in [0.25, 0.3) is 0 Å². The summed E-state index contributed by atoms with van der Waals surface area (Å²) in [5.74, 6) is 0.591. The summed E-state index contributed by atoms with van der Waals surface area (Å²) in [6.45, 7) is 8.78. The summed E-state index contributed by atoms with van der Waals surface area (Å²) in [5.41, 5.74) is 2.00. The standard InChI is InChI=1S/C17H25N3O/c1-12-9-13(2)20-15(14(12)10-18)19-11-17(21)7-5-16(3,4)6-8-17/h9,21H,5-8,11H2,1-4H3,(H,19,20). The molecule has 0 aromatic carbocycles. The average Bonchev–Trinajstić information content (AvgIpc) is 2.40. The van der Waals surface area contributed by atoms with Gasteiger partial charge in [0.2, 0.25) is 0 Å². The molecule has 114 valence electrons. The lowest BCUT2D eigenvalue weighted by Crippen LogP contribution is -2.42. The lowest BCUT2D eigenvalue weighted by molar-refractivity contribution is -0.0145. The van der Waals surface area contributed by atoms with E-state index in [1.165, 1.54) is 0 Å². The minimum absolute atomic E-state index is 0.322. The van der Waals surface area contributed by atoms with Crippen LogP contribution in [0.5, 0.6) is 0 Å². The van der Waals surface area contributed by atoms with Crippen LogP contribution in [0, 0.1) is 30.6 Å². The normalized spacial score (nSPS) is 19.8. The van der Waals surface area contributed by atoms with Gasteiger partial charge in [0.1, 0.15) is 11.9 Å². The molecule has 4 heteroatoms. The van der Waals surface area contributed by atoms with Crippen LogP contribution in [-0.4, -0.2) is 22.2 Å². The maximum absolute atomic E-state index is 10.7. The Balaban J connectivity index is 2.09. The van der Waals surface area contributed by atoms with Crippen molar-refractivity contribution < 1.29 is 5.11 Å². The highest BCUT2D eigenvalue weighted by Crippen LogP contribution is 2.40. The number of anilines is 1. The number of aromatic nitrogens is 1. The molecule has 0 atom stereocenters. The second-order valence-corrected chi connectivity index (χ2v) is 7.16. The van der Waals surface area contributed by atoms with Gasteiger partial charge in [-0.3, -0.25) is 0 Å². The number of aryl methyl sites for hydroxylation is 2. The molecule has 0 saturated heterocycles. The van der Waals surface area contributed by atoms with Gasteiger partial charge < -0.3 is 10.4 Å². The van der Waals surface area contributed by atoms with E-state index in [0.717, 1.165) is 36.9 Å². The van der Waals surface area contributed by atoms with E-state index in [9.17, 15) is 10.4 Å². The van der Waals surface area contributed by atoms with E-state index in [-0.39, 0.29) is 0 Å². The second-order valence-electron chi connectivity index (χ2n) is 7.16. The summed E-state index contributed by atoms with van der Waals surface area (Å²) < 4.78 is 0. The van der Waals surface area contributed by atoms with Crippen molar-refractivity contribution in [3.8, 4) is 6.07 Å². The Morgan fingerprint density at radius 3 is 2.48 bits per heavy atom. The van der Waals surface area contributed by atoms with Gasteiger partial charge in [-0.2, -0.15) is 5.26 Å². The molecule has 0 spiro atoms. The van der Waals surface area contributed by atoms with E-state index in [1.807, 2.05) is 19.9 Å². The van der Waals surface area contributed by atoms with Gasteiger partial charge in [0, 0.05) is 12.2 Å². The summed E-state index contributed by atoms with van der Waals surface area (Å²) in [5, 5.41) is 23.2. The molecule has 4 nitrogen and oxygen atoms in total. The molecule has 21 heavy (non-hydrogen) atoms. The topological polar surface area (TPSA) is 68.9 Å². The summed E-state index contributed by atoms with van der Waals surface area (Å²) >= 11 is 0. The third kappa shape index (κ3) is 3.74. The molecule has 1 aromatic rings. The van der Waals surface area contributed by atoms with Crippen LogP contribution in [0.2, 0.25) is 0 Å². The zero-order valence-electron chi connectivity index (χ0n) is 13.5. The molecule has 1 heterocycles. The monoisotopic (exact) mass is 287 g/mol. The van der Waals surface area contributed by atoms with Crippen LogP contribution >= 0.6 is 0 Å². The van der Waals surface area contributed by atoms with Crippen molar-refractivity contribution in [3.63, 3.8) is 0 Å². The summed E-state index contributed by atoms with van der Waals surface area (Å²) in [6, 6.07) is 4.10. The SMILES string of the molecule is Cc1cc(C)c(C#N)c(NCC2(O)CCC(C)(C)CC2)n1. The minimum atomic E-state index is -0.693. The molecule has 0 aliphatic heterocycles. The van der Waals surface area contributed by atoms with Gasteiger partial charge in [0.05, 0.1) is 11.2 Å². The molecule has 2 rings (SSSR count). The Morgan fingerprint density at radius 2 is 1.90 bits per heavy atom. The molecular weight excluding hydrogens is 262 g/mol. The molecule has 0 unspecified atom stereocenters. The molecule has 1 aliphatic rings. The van der Waals surface area contributed by atoms with Crippen molar-refractivity contribution in [2.75, 3.05) is 11.9 Å². The smallest absolute Gasteiger partial charge is 0.144 e. The third-order valence-corrected chi connectivity index (χ3v) is 4.58. The minimum Gasteiger partial charge on any atom is -0.388 e. The molecule has 1 fully saturated rings. The van der Waals surface area contributed by atoms with Gasteiger partial charge in [-0.1, -0.05) is 13.8 Å². The van der Waals surface area contributed by atoms with Crippen LogP contribution in [0.3, 0.4) is 0 Å². The number of nitrogens with zero attached hydrogens (tertiary/aromatic N) is 2. The first-order valence-electron chi connectivity index (χ1n) is 7.59. The van der Waals surface area contributed by atoms with E-state index >= 15 is 0 Å². The lowest BCUT2D eigenvalue weighted by Gasteiger charge is -2.40.